The van der Waals surface area contributed by atoms with Crippen LogP contribution in [0.2, 0.25) is 0 Å². The molecule has 1 aromatic rings. The first-order valence-corrected chi connectivity index (χ1v) is 12.4. The smallest absolute Gasteiger partial charge is 0.119 e. The maximum Gasteiger partial charge on any atom is 0.119 e. The Kier molecular flexibility index (Phi) is 7.53. The fourth-order valence-electron chi connectivity index (χ4n) is 5.92. The third kappa shape index (κ3) is 5.76. The maximum absolute atomic E-state index is 6.16. The summed E-state index contributed by atoms with van der Waals surface area (Å²) in [5, 5.41) is 0. The molecule has 0 radical (unpaired) electrons. The molecule has 4 rings (SSSR count). The summed E-state index contributed by atoms with van der Waals surface area (Å²) in [6.07, 6.45) is 13.4. The van der Waals surface area contributed by atoms with E-state index >= 15 is 0 Å². The number of nitrogens with zero attached hydrogens (tertiary/aromatic N) is 2. The van der Waals surface area contributed by atoms with Gasteiger partial charge in [-0.15, -0.1) is 0 Å². The minimum Gasteiger partial charge on any atom is -0.494 e. The van der Waals surface area contributed by atoms with Gasteiger partial charge in [-0.05, 0) is 107 Å². The van der Waals surface area contributed by atoms with Crippen LogP contribution in [0.15, 0.2) is 18.2 Å². The van der Waals surface area contributed by atoms with Gasteiger partial charge in [0.1, 0.15) is 5.75 Å². The average molecular weight is 399 g/mol. The summed E-state index contributed by atoms with van der Waals surface area (Å²) in [4.78, 5) is 5.39. The number of hydrogen-bond donors (Lipinski definition) is 0. The summed E-state index contributed by atoms with van der Waals surface area (Å²) >= 11 is 0. The van der Waals surface area contributed by atoms with E-state index in [4.69, 9.17) is 4.74 Å². The van der Waals surface area contributed by atoms with Crippen molar-refractivity contribution in [2.24, 2.45) is 5.92 Å². The van der Waals surface area contributed by atoms with Crippen molar-refractivity contribution in [3.8, 4) is 5.75 Å². The second-order valence-corrected chi connectivity index (χ2v) is 10.0. The largest absolute Gasteiger partial charge is 0.494 e. The van der Waals surface area contributed by atoms with E-state index in [-0.39, 0.29) is 0 Å². The molecular weight excluding hydrogens is 356 g/mol. The van der Waals surface area contributed by atoms with Crippen molar-refractivity contribution in [2.45, 2.75) is 90.1 Å². The molecule has 29 heavy (non-hydrogen) atoms. The van der Waals surface area contributed by atoms with Crippen molar-refractivity contribution in [3.63, 3.8) is 0 Å². The molecule has 0 aromatic heterocycles. The molecule has 1 unspecified atom stereocenters. The van der Waals surface area contributed by atoms with Gasteiger partial charge in [-0.25, -0.2) is 0 Å². The van der Waals surface area contributed by atoms with Crippen LogP contribution in [-0.4, -0.2) is 54.7 Å². The van der Waals surface area contributed by atoms with Gasteiger partial charge in [0.05, 0.1) is 6.61 Å². The minimum atomic E-state index is 0.648. The van der Waals surface area contributed by atoms with Crippen molar-refractivity contribution in [3.05, 3.63) is 29.3 Å². The van der Waals surface area contributed by atoms with Crippen molar-refractivity contribution >= 4 is 0 Å². The fraction of sp³-hybridized carbons (Fsp3) is 0.769. The van der Waals surface area contributed by atoms with Gasteiger partial charge in [0.2, 0.25) is 0 Å². The third-order valence-electron chi connectivity index (χ3n) is 7.51. The van der Waals surface area contributed by atoms with Gasteiger partial charge in [0.15, 0.2) is 0 Å². The summed E-state index contributed by atoms with van der Waals surface area (Å²) in [6, 6.07) is 8.36. The highest BCUT2D eigenvalue weighted by Crippen LogP contribution is 2.30. The molecule has 1 heterocycles. The van der Waals surface area contributed by atoms with Crippen LogP contribution >= 0.6 is 0 Å². The van der Waals surface area contributed by atoms with Gasteiger partial charge in [-0.1, -0.05) is 18.9 Å². The van der Waals surface area contributed by atoms with Crippen LogP contribution in [0.4, 0.5) is 0 Å². The van der Waals surface area contributed by atoms with E-state index < -0.39 is 0 Å². The first-order valence-electron chi connectivity index (χ1n) is 12.4. The zero-order valence-corrected chi connectivity index (χ0v) is 18.9. The molecule has 3 aliphatic rings. The molecular formula is C26H42N2O. The van der Waals surface area contributed by atoms with Crippen molar-refractivity contribution in [1.29, 1.82) is 0 Å². The Balaban J connectivity index is 1.22. The molecule has 0 spiro atoms. The lowest BCUT2D eigenvalue weighted by atomic mass is 9.83. The second-order valence-electron chi connectivity index (χ2n) is 10.0. The maximum atomic E-state index is 6.16. The van der Waals surface area contributed by atoms with Crippen LogP contribution in [-0.2, 0) is 12.8 Å². The predicted octanol–water partition coefficient (Wildman–Crippen LogP) is 5.31. The molecule has 0 bridgehead atoms. The Bertz CT molecular complexity index is 632. The Labute approximate surface area is 178 Å². The van der Waals surface area contributed by atoms with Crippen LogP contribution in [0.25, 0.3) is 0 Å². The highest BCUT2D eigenvalue weighted by molar-refractivity contribution is 5.37. The lowest BCUT2D eigenvalue weighted by Crippen LogP contribution is -2.40. The van der Waals surface area contributed by atoms with Crippen molar-refractivity contribution in [2.75, 3.05) is 32.8 Å². The van der Waals surface area contributed by atoms with Crippen LogP contribution < -0.4 is 4.74 Å². The topological polar surface area (TPSA) is 15.7 Å². The molecule has 162 valence electrons. The van der Waals surface area contributed by atoms with E-state index in [1.165, 1.54) is 89.5 Å². The van der Waals surface area contributed by atoms with Crippen LogP contribution in [0.5, 0.6) is 5.75 Å². The number of likely N-dealkylation sites (tertiary alicyclic amines) is 1. The molecule has 0 amide bonds. The molecule has 0 N–H and O–H groups in total. The van der Waals surface area contributed by atoms with Crippen LogP contribution in [0.1, 0.15) is 76.3 Å². The number of hydrogen-bond acceptors (Lipinski definition) is 3. The van der Waals surface area contributed by atoms with E-state index in [9.17, 15) is 0 Å². The van der Waals surface area contributed by atoms with Gasteiger partial charge in [-0.3, -0.25) is 4.90 Å². The molecule has 1 aliphatic heterocycles. The zero-order chi connectivity index (χ0) is 20.1. The first kappa shape index (κ1) is 21.2. The highest BCUT2D eigenvalue weighted by atomic mass is 16.5. The molecule has 2 aliphatic carbocycles. The Morgan fingerprint density at radius 3 is 2.59 bits per heavy atom. The molecule has 1 saturated carbocycles. The Morgan fingerprint density at radius 2 is 1.83 bits per heavy atom. The monoisotopic (exact) mass is 398 g/mol. The Hall–Kier alpha value is -1.06. The summed E-state index contributed by atoms with van der Waals surface area (Å²) < 4.78 is 6.16. The van der Waals surface area contributed by atoms with E-state index in [1.807, 2.05) is 0 Å². The standard InChI is InChI=1S/C26H42N2O/c1-21(2)28(25-8-3-4-9-25)16-7-17-29-26-13-12-23-18-22(10-11-24(23)19-26)20-27-14-5-6-15-27/h12-13,19,21-22,25H,3-11,14-18,20H2,1-2H3. The second kappa shape index (κ2) is 10.3. The van der Waals surface area contributed by atoms with Gasteiger partial charge in [0, 0.05) is 25.2 Å². The lowest BCUT2D eigenvalue weighted by Gasteiger charge is -2.32. The van der Waals surface area contributed by atoms with Gasteiger partial charge >= 0.3 is 0 Å². The number of fused-ring (bicyclic) bond motifs is 1. The van der Waals surface area contributed by atoms with E-state index in [0.717, 1.165) is 30.7 Å². The fourth-order valence-corrected chi connectivity index (χ4v) is 5.92. The van der Waals surface area contributed by atoms with Crippen molar-refractivity contribution < 1.29 is 4.74 Å². The summed E-state index contributed by atoms with van der Waals surface area (Å²) in [5.74, 6) is 1.93. The van der Waals surface area contributed by atoms with Gasteiger partial charge in [-0.2, -0.15) is 0 Å². The number of aryl methyl sites for hydroxylation is 1. The molecule has 1 saturated heterocycles. The predicted molar refractivity (Wildman–Crippen MR) is 122 cm³/mol. The molecule has 3 nitrogen and oxygen atoms in total. The molecule has 1 aromatic carbocycles. The van der Waals surface area contributed by atoms with Crippen molar-refractivity contribution in [1.82, 2.24) is 9.80 Å². The normalized spacial score (nSPS) is 23.2. The lowest BCUT2D eigenvalue weighted by molar-refractivity contribution is 0.142. The van der Waals surface area contributed by atoms with Gasteiger partial charge < -0.3 is 9.64 Å². The summed E-state index contributed by atoms with van der Waals surface area (Å²) in [6.45, 7) is 10.7. The highest BCUT2D eigenvalue weighted by Gasteiger charge is 2.24. The minimum absolute atomic E-state index is 0.648. The molecule has 3 heteroatoms. The van der Waals surface area contributed by atoms with E-state index in [0.29, 0.717) is 6.04 Å². The molecule has 2 fully saturated rings. The third-order valence-corrected chi connectivity index (χ3v) is 7.51. The first-order chi connectivity index (χ1) is 14.2. The summed E-state index contributed by atoms with van der Waals surface area (Å²) in [5.41, 5.74) is 3.11. The van der Waals surface area contributed by atoms with Crippen LogP contribution in [0, 0.1) is 5.92 Å². The van der Waals surface area contributed by atoms with Gasteiger partial charge in [0.25, 0.3) is 0 Å². The number of rotatable bonds is 9. The summed E-state index contributed by atoms with van der Waals surface area (Å²) in [7, 11) is 0. The zero-order valence-electron chi connectivity index (χ0n) is 18.9. The van der Waals surface area contributed by atoms with Crippen LogP contribution in [0.3, 0.4) is 0 Å². The quantitative estimate of drug-likeness (QED) is 0.524. The SMILES string of the molecule is CC(C)N(CCCOc1ccc2c(c1)CCC(CN1CCCC1)C2)C1CCCC1. The number of benzene rings is 1. The van der Waals surface area contributed by atoms with E-state index in [1.54, 1.807) is 5.56 Å². The number of ether oxygens (including phenoxy) is 1. The van der Waals surface area contributed by atoms with E-state index in [2.05, 4.69) is 41.8 Å². The molecule has 1 atom stereocenters. The Morgan fingerprint density at radius 1 is 1.03 bits per heavy atom. The average Bonchev–Trinajstić information content (AvgIpc) is 3.42.